The first-order valence-corrected chi connectivity index (χ1v) is 8.02. The van der Waals surface area contributed by atoms with E-state index in [9.17, 15) is 0 Å². The van der Waals surface area contributed by atoms with Crippen LogP contribution < -0.4 is 11.1 Å². The normalized spacial score (nSPS) is 12.2. The van der Waals surface area contributed by atoms with Crippen molar-refractivity contribution in [1.29, 1.82) is 0 Å². The smallest absolute Gasteiger partial charge is 0.188 e. The molecule has 0 atom stereocenters. The second kappa shape index (κ2) is 10.9. The minimum atomic E-state index is -0.126. The summed E-state index contributed by atoms with van der Waals surface area (Å²) in [4.78, 5) is 4.38. The summed E-state index contributed by atoms with van der Waals surface area (Å²) in [6, 6.07) is 8.29. The third-order valence-corrected chi connectivity index (χ3v) is 3.12. The van der Waals surface area contributed by atoms with Gasteiger partial charge in [-0.05, 0) is 44.2 Å². The van der Waals surface area contributed by atoms with Crippen LogP contribution in [0.3, 0.4) is 0 Å². The molecule has 132 valence electrons. The van der Waals surface area contributed by atoms with E-state index in [1.165, 1.54) is 0 Å². The molecule has 5 heteroatoms. The summed E-state index contributed by atoms with van der Waals surface area (Å²) in [7, 11) is 0. The fraction of sp³-hybridized carbons (Fsp3) is 0.611. The average molecular weight is 433 g/mol. The molecule has 23 heavy (non-hydrogen) atoms. The second-order valence-corrected chi connectivity index (χ2v) is 7.03. The lowest BCUT2D eigenvalue weighted by molar-refractivity contribution is -0.0149. The zero-order valence-corrected chi connectivity index (χ0v) is 17.4. The molecule has 0 bridgehead atoms. The lowest BCUT2D eigenvalue weighted by Gasteiger charge is -2.19. The van der Waals surface area contributed by atoms with Gasteiger partial charge < -0.3 is 15.8 Å². The standard InChI is InChI=1S/C18H31N3O.HI/c1-14(2)9-10-20-17(19)21-12-15-7-6-8-16(11-15)13-22-18(3,4)5;/h6-8,11,14H,9-10,12-13H2,1-5H3,(H3,19,20,21);1H. The minimum Gasteiger partial charge on any atom is -0.371 e. The predicted octanol–water partition coefficient (Wildman–Crippen LogP) is 4.07. The first kappa shape index (κ1) is 22.2. The molecule has 0 aliphatic carbocycles. The summed E-state index contributed by atoms with van der Waals surface area (Å²) in [5.41, 5.74) is 8.05. The van der Waals surface area contributed by atoms with Crippen LogP contribution in [0.2, 0.25) is 0 Å². The fourth-order valence-corrected chi connectivity index (χ4v) is 1.84. The topological polar surface area (TPSA) is 59.6 Å². The van der Waals surface area contributed by atoms with Gasteiger partial charge in [0.2, 0.25) is 0 Å². The Morgan fingerprint density at radius 3 is 2.52 bits per heavy atom. The van der Waals surface area contributed by atoms with Gasteiger partial charge in [0.25, 0.3) is 0 Å². The number of nitrogens with zero attached hydrogens (tertiary/aromatic N) is 1. The highest BCUT2D eigenvalue weighted by Gasteiger charge is 2.10. The Morgan fingerprint density at radius 2 is 1.91 bits per heavy atom. The highest BCUT2D eigenvalue weighted by atomic mass is 127. The number of benzene rings is 1. The molecule has 0 spiro atoms. The van der Waals surface area contributed by atoms with Gasteiger partial charge >= 0.3 is 0 Å². The van der Waals surface area contributed by atoms with Crippen LogP contribution in [0.25, 0.3) is 0 Å². The molecule has 0 aromatic heterocycles. The Labute approximate surface area is 158 Å². The Hall–Kier alpha value is -0.820. The van der Waals surface area contributed by atoms with E-state index in [0.717, 1.165) is 24.1 Å². The van der Waals surface area contributed by atoms with E-state index in [2.05, 4.69) is 63.1 Å². The summed E-state index contributed by atoms with van der Waals surface area (Å²) in [5.74, 6) is 1.18. The van der Waals surface area contributed by atoms with Crippen LogP contribution in [0.15, 0.2) is 29.3 Å². The molecule has 1 aromatic carbocycles. The summed E-state index contributed by atoms with van der Waals surface area (Å²) < 4.78 is 5.80. The Morgan fingerprint density at radius 1 is 1.26 bits per heavy atom. The van der Waals surface area contributed by atoms with Gasteiger partial charge in [-0.2, -0.15) is 0 Å². The molecule has 0 fully saturated rings. The van der Waals surface area contributed by atoms with Crippen molar-refractivity contribution in [2.24, 2.45) is 16.6 Å². The van der Waals surface area contributed by atoms with Crippen LogP contribution in [-0.2, 0) is 17.9 Å². The number of halogens is 1. The Bertz CT molecular complexity index is 481. The van der Waals surface area contributed by atoms with Crippen LogP contribution >= 0.6 is 24.0 Å². The van der Waals surface area contributed by atoms with Gasteiger partial charge in [-0.15, -0.1) is 24.0 Å². The van der Waals surface area contributed by atoms with E-state index < -0.39 is 0 Å². The minimum absolute atomic E-state index is 0. The predicted molar refractivity (Wildman–Crippen MR) is 109 cm³/mol. The average Bonchev–Trinajstić information content (AvgIpc) is 2.42. The number of rotatable bonds is 7. The maximum Gasteiger partial charge on any atom is 0.188 e. The van der Waals surface area contributed by atoms with Crippen LogP contribution in [-0.4, -0.2) is 18.1 Å². The van der Waals surface area contributed by atoms with E-state index in [4.69, 9.17) is 10.5 Å². The molecule has 0 saturated carbocycles. The number of hydrogen-bond acceptors (Lipinski definition) is 2. The second-order valence-electron chi connectivity index (χ2n) is 7.03. The van der Waals surface area contributed by atoms with Crippen molar-refractivity contribution in [3.8, 4) is 0 Å². The van der Waals surface area contributed by atoms with Crippen molar-refractivity contribution in [3.05, 3.63) is 35.4 Å². The molecule has 0 aliphatic rings. The zero-order chi connectivity index (χ0) is 16.6. The Balaban J connectivity index is 0.00000484. The van der Waals surface area contributed by atoms with E-state index in [-0.39, 0.29) is 29.6 Å². The fourth-order valence-electron chi connectivity index (χ4n) is 1.84. The number of ether oxygens (including phenoxy) is 1. The Kier molecular flexibility index (Phi) is 10.5. The number of guanidine groups is 1. The molecule has 3 N–H and O–H groups in total. The number of nitrogens with two attached hydrogens (primary N) is 1. The van der Waals surface area contributed by atoms with Gasteiger partial charge in [0.05, 0.1) is 18.8 Å². The van der Waals surface area contributed by atoms with Gasteiger partial charge in [0.15, 0.2) is 5.96 Å². The van der Waals surface area contributed by atoms with Crippen LogP contribution in [0, 0.1) is 5.92 Å². The van der Waals surface area contributed by atoms with E-state index in [1.54, 1.807) is 0 Å². The molecule has 0 amide bonds. The molecule has 1 aromatic rings. The lowest BCUT2D eigenvalue weighted by Crippen LogP contribution is -2.32. The van der Waals surface area contributed by atoms with Gasteiger partial charge in [-0.1, -0.05) is 38.1 Å². The SMILES string of the molecule is CC(C)CCNC(N)=NCc1cccc(COC(C)(C)C)c1.I. The van der Waals surface area contributed by atoms with E-state index in [1.807, 2.05) is 6.07 Å². The molecule has 0 saturated heterocycles. The summed E-state index contributed by atoms with van der Waals surface area (Å²) in [6.45, 7) is 12.6. The van der Waals surface area contributed by atoms with Gasteiger partial charge in [0.1, 0.15) is 0 Å². The van der Waals surface area contributed by atoms with Gasteiger partial charge in [-0.3, -0.25) is 0 Å². The molecule has 0 unspecified atom stereocenters. The maximum absolute atomic E-state index is 5.88. The van der Waals surface area contributed by atoms with Crippen molar-refractivity contribution < 1.29 is 4.74 Å². The van der Waals surface area contributed by atoms with Crippen molar-refractivity contribution in [2.45, 2.75) is 59.8 Å². The number of aliphatic imine (C=N–C) groups is 1. The molecule has 0 heterocycles. The highest BCUT2D eigenvalue weighted by Crippen LogP contribution is 2.13. The first-order valence-electron chi connectivity index (χ1n) is 8.02. The third-order valence-electron chi connectivity index (χ3n) is 3.12. The molecule has 0 aliphatic heterocycles. The van der Waals surface area contributed by atoms with E-state index >= 15 is 0 Å². The quantitative estimate of drug-likeness (QED) is 0.387. The van der Waals surface area contributed by atoms with Gasteiger partial charge in [0, 0.05) is 6.54 Å². The zero-order valence-electron chi connectivity index (χ0n) is 15.1. The van der Waals surface area contributed by atoms with Crippen molar-refractivity contribution in [2.75, 3.05) is 6.54 Å². The lowest BCUT2D eigenvalue weighted by atomic mass is 10.1. The first-order chi connectivity index (χ1) is 10.3. The number of hydrogen-bond donors (Lipinski definition) is 2. The third kappa shape index (κ3) is 11.4. The molecule has 4 nitrogen and oxygen atoms in total. The van der Waals surface area contributed by atoms with Crippen LogP contribution in [0.1, 0.15) is 52.2 Å². The molecule has 0 radical (unpaired) electrons. The van der Waals surface area contributed by atoms with Crippen LogP contribution in [0.5, 0.6) is 0 Å². The molecular weight excluding hydrogens is 401 g/mol. The van der Waals surface area contributed by atoms with Crippen molar-refractivity contribution in [3.63, 3.8) is 0 Å². The molecule has 1 rings (SSSR count). The summed E-state index contributed by atoms with van der Waals surface area (Å²) in [6.07, 6.45) is 1.09. The summed E-state index contributed by atoms with van der Waals surface area (Å²) in [5, 5.41) is 3.15. The molecular formula is C18H32IN3O. The van der Waals surface area contributed by atoms with Crippen molar-refractivity contribution >= 4 is 29.9 Å². The largest absolute Gasteiger partial charge is 0.371 e. The van der Waals surface area contributed by atoms with E-state index in [0.29, 0.717) is 25.0 Å². The summed E-state index contributed by atoms with van der Waals surface area (Å²) >= 11 is 0. The van der Waals surface area contributed by atoms with Crippen molar-refractivity contribution in [1.82, 2.24) is 5.32 Å². The number of nitrogens with one attached hydrogen (secondary N) is 1. The van der Waals surface area contributed by atoms with Crippen LogP contribution in [0.4, 0.5) is 0 Å². The highest BCUT2D eigenvalue weighted by molar-refractivity contribution is 14.0. The maximum atomic E-state index is 5.88. The van der Waals surface area contributed by atoms with Gasteiger partial charge in [-0.25, -0.2) is 4.99 Å². The monoisotopic (exact) mass is 433 g/mol.